The van der Waals surface area contributed by atoms with Crippen molar-refractivity contribution in [3.63, 3.8) is 0 Å². The number of H-pyrrole nitrogens is 1. The number of carbonyl (C=O) groups is 1. The first-order valence-electron chi connectivity index (χ1n) is 3.33. The van der Waals surface area contributed by atoms with Crippen LogP contribution in [0.25, 0.3) is 0 Å². The number of aromatic nitrogens is 2. The number of hydrogen-bond acceptors (Lipinski definition) is 4. The monoisotopic (exact) mass is 204 g/mol. The van der Waals surface area contributed by atoms with Gasteiger partial charge < -0.3 is 9.72 Å². The van der Waals surface area contributed by atoms with Gasteiger partial charge in [-0.3, -0.25) is 9.59 Å². The summed E-state index contributed by atoms with van der Waals surface area (Å²) in [5.74, 6) is -0.409. The van der Waals surface area contributed by atoms with Crippen molar-refractivity contribution in [1.29, 1.82) is 0 Å². The minimum absolute atomic E-state index is 0. The highest BCUT2D eigenvalue weighted by Gasteiger charge is 2.03. The fourth-order valence-electron chi connectivity index (χ4n) is 0.726. The summed E-state index contributed by atoms with van der Waals surface area (Å²) in [6.07, 6.45) is 1.28. The molecule has 0 amide bonds. The van der Waals surface area contributed by atoms with Gasteiger partial charge in [-0.2, -0.15) is 0 Å². The Morgan fingerprint density at radius 1 is 1.69 bits per heavy atom. The predicted molar refractivity (Wildman–Crippen MR) is 47.8 cm³/mol. The Hall–Kier alpha value is -1.36. The fourth-order valence-corrected chi connectivity index (χ4v) is 0.726. The van der Waals surface area contributed by atoms with Crippen LogP contribution in [-0.2, 0) is 16.0 Å². The molecule has 0 spiro atoms. The number of aromatic amines is 1. The Labute approximate surface area is 80.6 Å². The van der Waals surface area contributed by atoms with Gasteiger partial charge in [0.1, 0.15) is 0 Å². The number of nitrogens with zero attached hydrogens (tertiary/aromatic N) is 1. The standard InChI is InChI=1S/C7H8N2O3.ClH/c1-12-7(11)3-5-2-6(10)9-4-8-5;/h2,4H,3H2,1H3,(H,8,9,10);1H. The van der Waals surface area contributed by atoms with Crippen LogP contribution >= 0.6 is 12.4 Å². The smallest absolute Gasteiger partial charge is 0.311 e. The van der Waals surface area contributed by atoms with Crippen LogP contribution in [0.2, 0.25) is 0 Å². The number of nitrogens with one attached hydrogen (secondary N) is 1. The number of rotatable bonds is 2. The normalized spacial score (nSPS) is 8.69. The van der Waals surface area contributed by atoms with Gasteiger partial charge in [-0.25, -0.2) is 4.98 Å². The first-order chi connectivity index (χ1) is 5.72. The van der Waals surface area contributed by atoms with Crippen LogP contribution in [0.4, 0.5) is 0 Å². The molecular formula is C7H9ClN2O3. The number of hydrogen-bond donors (Lipinski definition) is 1. The van der Waals surface area contributed by atoms with E-state index in [1.807, 2.05) is 0 Å². The average molecular weight is 205 g/mol. The van der Waals surface area contributed by atoms with Crippen LogP contribution in [0.3, 0.4) is 0 Å². The molecule has 0 aliphatic rings. The number of ether oxygens (including phenoxy) is 1. The molecule has 0 saturated carbocycles. The Morgan fingerprint density at radius 3 is 2.92 bits per heavy atom. The van der Waals surface area contributed by atoms with E-state index in [4.69, 9.17) is 0 Å². The SMILES string of the molecule is COC(=O)Cc1cc(=O)[nH]cn1.Cl. The Bertz CT molecular complexity index is 337. The molecule has 0 saturated heterocycles. The fraction of sp³-hybridized carbons (Fsp3) is 0.286. The van der Waals surface area contributed by atoms with Crippen LogP contribution in [0.5, 0.6) is 0 Å². The maximum atomic E-state index is 10.7. The molecule has 5 nitrogen and oxygen atoms in total. The van der Waals surface area contributed by atoms with Crippen molar-refractivity contribution in [3.8, 4) is 0 Å². The highest BCUT2D eigenvalue weighted by atomic mass is 35.5. The van der Waals surface area contributed by atoms with Gasteiger partial charge in [0.15, 0.2) is 0 Å². The summed E-state index contributed by atoms with van der Waals surface area (Å²) >= 11 is 0. The third kappa shape index (κ3) is 3.71. The quantitative estimate of drug-likeness (QED) is 0.684. The summed E-state index contributed by atoms with van der Waals surface area (Å²) in [4.78, 5) is 27.5. The molecule has 1 heterocycles. The van der Waals surface area contributed by atoms with Crippen molar-refractivity contribution >= 4 is 18.4 Å². The van der Waals surface area contributed by atoms with E-state index in [0.717, 1.165) is 0 Å². The Balaban J connectivity index is 0.00000144. The summed E-state index contributed by atoms with van der Waals surface area (Å²) in [5, 5.41) is 0. The summed E-state index contributed by atoms with van der Waals surface area (Å²) in [6.45, 7) is 0. The van der Waals surface area contributed by atoms with Gasteiger partial charge in [-0.05, 0) is 0 Å². The van der Waals surface area contributed by atoms with Crippen molar-refractivity contribution in [3.05, 3.63) is 28.4 Å². The lowest BCUT2D eigenvalue weighted by Crippen LogP contribution is -2.11. The van der Waals surface area contributed by atoms with Crippen molar-refractivity contribution < 1.29 is 9.53 Å². The molecule has 0 radical (unpaired) electrons. The van der Waals surface area contributed by atoms with E-state index in [2.05, 4.69) is 14.7 Å². The van der Waals surface area contributed by atoms with E-state index in [1.165, 1.54) is 19.5 Å². The zero-order valence-corrected chi connectivity index (χ0v) is 7.76. The lowest BCUT2D eigenvalue weighted by Gasteiger charge is -1.96. The van der Waals surface area contributed by atoms with Crippen molar-refractivity contribution in [1.82, 2.24) is 9.97 Å². The van der Waals surface area contributed by atoms with Gasteiger partial charge in [0.25, 0.3) is 5.56 Å². The minimum atomic E-state index is -0.409. The van der Waals surface area contributed by atoms with Crippen LogP contribution < -0.4 is 5.56 Å². The second-order valence-corrected chi connectivity index (χ2v) is 2.16. The molecule has 0 aromatic carbocycles. The molecule has 1 N–H and O–H groups in total. The molecule has 0 atom stereocenters. The van der Waals surface area contributed by atoms with Crippen LogP contribution in [0.15, 0.2) is 17.2 Å². The molecule has 0 aliphatic carbocycles. The summed E-state index contributed by atoms with van der Waals surface area (Å²) in [7, 11) is 1.29. The highest BCUT2D eigenvalue weighted by molar-refractivity contribution is 5.85. The van der Waals surface area contributed by atoms with E-state index in [0.29, 0.717) is 5.69 Å². The van der Waals surface area contributed by atoms with E-state index in [1.54, 1.807) is 0 Å². The van der Waals surface area contributed by atoms with Gasteiger partial charge in [-0.1, -0.05) is 0 Å². The van der Waals surface area contributed by atoms with Gasteiger partial charge in [0, 0.05) is 6.07 Å². The molecule has 0 fully saturated rings. The molecule has 6 heteroatoms. The number of halogens is 1. The lowest BCUT2D eigenvalue weighted by atomic mass is 10.3. The topological polar surface area (TPSA) is 72.1 Å². The number of methoxy groups -OCH3 is 1. The summed E-state index contributed by atoms with van der Waals surface area (Å²) in [5.41, 5.74) is 0.134. The molecule has 13 heavy (non-hydrogen) atoms. The van der Waals surface area contributed by atoms with Gasteiger partial charge >= 0.3 is 5.97 Å². The molecule has 0 unspecified atom stereocenters. The summed E-state index contributed by atoms with van der Waals surface area (Å²) < 4.78 is 4.40. The maximum absolute atomic E-state index is 10.7. The van der Waals surface area contributed by atoms with Crippen molar-refractivity contribution in [2.45, 2.75) is 6.42 Å². The third-order valence-electron chi connectivity index (χ3n) is 1.29. The predicted octanol–water partition coefficient (Wildman–Crippen LogP) is -0.0928. The summed E-state index contributed by atoms with van der Waals surface area (Å²) in [6, 6.07) is 1.26. The zero-order chi connectivity index (χ0) is 8.97. The molecule has 72 valence electrons. The van der Waals surface area contributed by atoms with E-state index in [9.17, 15) is 9.59 Å². The Morgan fingerprint density at radius 2 is 2.38 bits per heavy atom. The van der Waals surface area contributed by atoms with Gasteiger partial charge in [0.05, 0.1) is 25.6 Å². The molecule has 0 bridgehead atoms. The number of carbonyl (C=O) groups excluding carboxylic acids is 1. The molecule has 1 rings (SSSR count). The maximum Gasteiger partial charge on any atom is 0.311 e. The first-order valence-corrected chi connectivity index (χ1v) is 3.33. The van der Waals surface area contributed by atoms with E-state index < -0.39 is 5.97 Å². The zero-order valence-electron chi connectivity index (χ0n) is 6.94. The first kappa shape index (κ1) is 11.6. The Kier molecular flexibility index (Phi) is 4.76. The largest absolute Gasteiger partial charge is 0.469 e. The average Bonchev–Trinajstić information content (AvgIpc) is 2.04. The van der Waals surface area contributed by atoms with Crippen molar-refractivity contribution in [2.24, 2.45) is 0 Å². The molecule has 1 aromatic heterocycles. The lowest BCUT2D eigenvalue weighted by molar-refractivity contribution is -0.139. The van der Waals surface area contributed by atoms with Crippen LogP contribution in [-0.4, -0.2) is 23.0 Å². The second kappa shape index (κ2) is 5.31. The van der Waals surface area contributed by atoms with Gasteiger partial charge in [0.2, 0.25) is 0 Å². The van der Waals surface area contributed by atoms with Crippen molar-refractivity contribution in [2.75, 3.05) is 7.11 Å². The molecular weight excluding hydrogens is 196 g/mol. The van der Waals surface area contributed by atoms with Crippen LogP contribution in [0, 0.1) is 0 Å². The third-order valence-corrected chi connectivity index (χ3v) is 1.29. The van der Waals surface area contributed by atoms with E-state index in [-0.39, 0.29) is 24.4 Å². The second-order valence-electron chi connectivity index (χ2n) is 2.16. The molecule has 1 aromatic rings. The number of esters is 1. The highest BCUT2D eigenvalue weighted by Crippen LogP contribution is 1.90. The molecule has 0 aliphatic heterocycles. The van der Waals surface area contributed by atoms with E-state index >= 15 is 0 Å². The van der Waals surface area contributed by atoms with Crippen LogP contribution in [0.1, 0.15) is 5.69 Å². The minimum Gasteiger partial charge on any atom is -0.469 e. The van der Waals surface area contributed by atoms with Gasteiger partial charge in [-0.15, -0.1) is 12.4 Å².